The molecule has 7 nitrogen and oxygen atoms in total. The summed E-state index contributed by atoms with van der Waals surface area (Å²) in [4.78, 5) is 25.8. The first-order valence-corrected chi connectivity index (χ1v) is 9.01. The van der Waals surface area contributed by atoms with Crippen LogP contribution in [0.25, 0.3) is 11.0 Å². The summed E-state index contributed by atoms with van der Waals surface area (Å²) in [6.45, 7) is 2.62. The summed E-state index contributed by atoms with van der Waals surface area (Å²) in [5.41, 5.74) is 2.06. The lowest BCUT2D eigenvalue weighted by molar-refractivity contribution is -0.151. The van der Waals surface area contributed by atoms with Gasteiger partial charge in [-0.25, -0.2) is 0 Å². The smallest absolute Gasteiger partial charge is 0.312 e. The fourth-order valence-corrected chi connectivity index (χ4v) is 2.73. The third-order valence-electron chi connectivity index (χ3n) is 4.20. The fourth-order valence-electron chi connectivity index (χ4n) is 2.73. The first kappa shape index (κ1) is 19.4. The molecule has 146 valence electrons. The molecule has 0 fully saturated rings. The highest BCUT2D eigenvalue weighted by Gasteiger charge is 2.16. The monoisotopic (exact) mass is 382 g/mol. The third-order valence-corrected chi connectivity index (χ3v) is 4.20. The van der Waals surface area contributed by atoms with Crippen LogP contribution in [0.15, 0.2) is 53.1 Å². The number of fused-ring (bicyclic) bond motifs is 1. The molecule has 3 rings (SSSR count). The molecule has 0 radical (unpaired) electrons. The van der Waals surface area contributed by atoms with E-state index in [4.69, 9.17) is 14.0 Å². The second kappa shape index (κ2) is 9.03. The number of para-hydroxylation sites is 1. The Balaban J connectivity index is 1.48. The lowest BCUT2D eigenvalue weighted by Crippen LogP contribution is -2.31. The first-order chi connectivity index (χ1) is 13.6. The number of rotatable bonds is 8. The Morgan fingerprint density at radius 2 is 1.86 bits per heavy atom. The Labute approximate surface area is 162 Å². The number of likely N-dealkylation sites (N-methyl/N-ethyl adjacent to an activating group) is 1. The second-order valence-electron chi connectivity index (χ2n) is 6.29. The van der Waals surface area contributed by atoms with Crippen LogP contribution in [0.1, 0.15) is 18.2 Å². The van der Waals surface area contributed by atoms with Crippen LogP contribution in [0.2, 0.25) is 0 Å². The Bertz CT molecular complexity index is 949. The molecule has 1 amide bonds. The van der Waals surface area contributed by atoms with Crippen molar-refractivity contribution in [1.82, 2.24) is 10.1 Å². The Morgan fingerprint density at radius 3 is 2.61 bits per heavy atom. The minimum absolute atomic E-state index is 0.0487. The minimum atomic E-state index is -0.526. The highest BCUT2D eigenvalue weighted by Crippen LogP contribution is 2.18. The van der Waals surface area contributed by atoms with Crippen molar-refractivity contribution in [3.63, 3.8) is 0 Å². The van der Waals surface area contributed by atoms with E-state index in [1.807, 2.05) is 49.4 Å². The van der Waals surface area contributed by atoms with Crippen molar-refractivity contribution in [2.45, 2.75) is 19.9 Å². The maximum Gasteiger partial charge on any atom is 0.312 e. The van der Waals surface area contributed by atoms with Crippen molar-refractivity contribution < 1.29 is 23.6 Å². The topological polar surface area (TPSA) is 81.9 Å². The van der Waals surface area contributed by atoms with Gasteiger partial charge in [0, 0.05) is 19.0 Å². The molecule has 1 aromatic heterocycles. The number of benzene rings is 2. The van der Waals surface area contributed by atoms with Gasteiger partial charge in [0.25, 0.3) is 5.91 Å². The molecule has 28 heavy (non-hydrogen) atoms. The normalized spacial score (nSPS) is 10.6. The van der Waals surface area contributed by atoms with Gasteiger partial charge in [0.15, 0.2) is 12.2 Å². The summed E-state index contributed by atoms with van der Waals surface area (Å²) in [5, 5.41) is 4.65. The zero-order chi connectivity index (χ0) is 19.9. The van der Waals surface area contributed by atoms with Gasteiger partial charge in [-0.3, -0.25) is 9.59 Å². The lowest BCUT2D eigenvalue weighted by Gasteiger charge is -2.17. The number of carbonyl (C=O) groups is 2. The number of amides is 1. The summed E-state index contributed by atoms with van der Waals surface area (Å²) in [6.07, 6.45) is -0.0487. The average Bonchev–Trinajstić information content (AvgIpc) is 3.10. The molecule has 0 N–H and O–H groups in total. The largest absolute Gasteiger partial charge is 0.494 e. The van der Waals surface area contributed by atoms with Crippen LogP contribution in [-0.2, 0) is 27.3 Å². The van der Waals surface area contributed by atoms with Gasteiger partial charge in [0.05, 0.1) is 13.0 Å². The molecule has 0 atom stereocenters. The van der Waals surface area contributed by atoms with Gasteiger partial charge < -0.3 is 18.9 Å². The molecule has 0 aliphatic rings. The fraction of sp³-hybridized carbons (Fsp3) is 0.286. The predicted molar refractivity (Wildman–Crippen MR) is 103 cm³/mol. The van der Waals surface area contributed by atoms with Gasteiger partial charge in [0.1, 0.15) is 11.4 Å². The van der Waals surface area contributed by atoms with Crippen LogP contribution in [0.3, 0.4) is 0 Å². The lowest BCUT2D eigenvalue weighted by atomic mass is 10.2. The van der Waals surface area contributed by atoms with Crippen LogP contribution < -0.4 is 4.74 Å². The molecule has 0 saturated heterocycles. The van der Waals surface area contributed by atoms with E-state index in [0.29, 0.717) is 24.4 Å². The van der Waals surface area contributed by atoms with E-state index in [0.717, 1.165) is 16.7 Å². The summed E-state index contributed by atoms with van der Waals surface area (Å²) in [7, 11) is 1.66. The van der Waals surface area contributed by atoms with E-state index in [1.165, 1.54) is 4.90 Å². The van der Waals surface area contributed by atoms with Crippen molar-refractivity contribution in [2.75, 3.05) is 20.3 Å². The first-order valence-electron chi connectivity index (χ1n) is 9.01. The molecule has 0 unspecified atom stereocenters. The standard InChI is InChI=1S/C21H22N2O5/c1-3-26-16-10-8-15(9-11-16)13-23(2)20(24)14-27-21(25)12-18-17-6-4-5-7-19(17)28-22-18/h4-11H,3,12-14H2,1-2H3. The quantitative estimate of drug-likeness (QED) is 0.557. The van der Waals surface area contributed by atoms with Crippen LogP contribution in [-0.4, -0.2) is 42.2 Å². The van der Waals surface area contributed by atoms with Crippen LogP contribution in [0.5, 0.6) is 5.75 Å². The molecule has 0 bridgehead atoms. The number of esters is 1. The Kier molecular flexibility index (Phi) is 6.26. The molecule has 3 aromatic rings. The summed E-state index contributed by atoms with van der Waals surface area (Å²) < 4.78 is 15.7. The molecule has 0 aliphatic heterocycles. The molecular formula is C21H22N2O5. The predicted octanol–water partition coefficient (Wildman–Crippen LogP) is 2.97. The van der Waals surface area contributed by atoms with Crippen molar-refractivity contribution in [3.8, 4) is 5.75 Å². The van der Waals surface area contributed by atoms with E-state index in [2.05, 4.69) is 5.16 Å². The maximum atomic E-state index is 12.2. The minimum Gasteiger partial charge on any atom is -0.494 e. The van der Waals surface area contributed by atoms with E-state index in [1.54, 1.807) is 13.1 Å². The summed E-state index contributed by atoms with van der Waals surface area (Å²) >= 11 is 0. The van der Waals surface area contributed by atoms with Gasteiger partial charge in [-0.15, -0.1) is 0 Å². The second-order valence-corrected chi connectivity index (χ2v) is 6.29. The number of ether oxygens (including phenoxy) is 2. The molecule has 7 heteroatoms. The number of hydrogen-bond donors (Lipinski definition) is 0. The Hall–Kier alpha value is -3.35. The van der Waals surface area contributed by atoms with Gasteiger partial charge >= 0.3 is 5.97 Å². The molecule has 1 heterocycles. The van der Waals surface area contributed by atoms with E-state index in [9.17, 15) is 9.59 Å². The molecule has 2 aromatic carbocycles. The van der Waals surface area contributed by atoms with Gasteiger partial charge in [-0.05, 0) is 36.8 Å². The van der Waals surface area contributed by atoms with Crippen molar-refractivity contribution in [1.29, 1.82) is 0 Å². The van der Waals surface area contributed by atoms with Crippen LogP contribution in [0.4, 0.5) is 0 Å². The molecule has 0 spiro atoms. The summed E-state index contributed by atoms with van der Waals surface area (Å²) in [5.74, 6) is -0.0244. The van der Waals surface area contributed by atoms with Crippen molar-refractivity contribution in [3.05, 3.63) is 59.8 Å². The maximum absolute atomic E-state index is 12.2. The van der Waals surface area contributed by atoms with Gasteiger partial charge in [-0.2, -0.15) is 0 Å². The zero-order valence-electron chi connectivity index (χ0n) is 15.9. The molecule has 0 saturated carbocycles. The molecular weight excluding hydrogens is 360 g/mol. The number of hydrogen-bond acceptors (Lipinski definition) is 6. The van der Waals surface area contributed by atoms with Gasteiger partial charge in [0.2, 0.25) is 0 Å². The van der Waals surface area contributed by atoms with E-state index in [-0.39, 0.29) is 18.9 Å². The highest BCUT2D eigenvalue weighted by molar-refractivity contribution is 5.85. The summed E-state index contributed by atoms with van der Waals surface area (Å²) in [6, 6.07) is 14.8. The third kappa shape index (κ3) is 4.88. The van der Waals surface area contributed by atoms with E-state index >= 15 is 0 Å². The van der Waals surface area contributed by atoms with Crippen molar-refractivity contribution in [2.24, 2.45) is 0 Å². The van der Waals surface area contributed by atoms with Gasteiger partial charge in [-0.1, -0.05) is 29.4 Å². The zero-order valence-corrected chi connectivity index (χ0v) is 15.9. The van der Waals surface area contributed by atoms with Crippen molar-refractivity contribution >= 4 is 22.8 Å². The van der Waals surface area contributed by atoms with Crippen LogP contribution >= 0.6 is 0 Å². The SMILES string of the molecule is CCOc1ccc(CN(C)C(=O)COC(=O)Cc2noc3ccccc23)cc1. The van der Waals surface area contributed by atoms with Crippen LogP contribution in [0, 0.1) is 0 Å². The number of carbonyl (C=O) groups excluding carboxylic acids is 2. The van der Waals surface area contributed by atoms with E-state index < -0.39 is 5.97 Å². The average molecular weight is 382 g/mol. The Morgan fingerprint density at radius 1 is 1.11 bits per heavy atom. The number of aromatic nitrogens is 1. The highest BCUT2D eigenvalue weighted by atomic mass is 16.5. The molecule has 0 aliphatic carbocycles. The number of nitrogens with zero attached hydrogens (tertiary/aromatic N) is 2.